The van der Waals surface area contributed by atoms with Crippen molar-refractivity contribution in [3.05, 3.63) is 33.9 Å². The first-order chi connectivity index (χ1) is 5.52. The van der Waals surface area contributed by atoms with Crippen molar-refractivity contribution in [3.8, 4) is 0 Å². The molecule has 1 aromatic carbocycles. The third-order valence-corrected chi connectivity index (χ3v) is 1.25. The molecule has 0 aliphatic rings. The van der Waals surface area contributed by atoms with Gasteiger partial charge < -0.3 is 0 Å². The van der Waals surface area contributed by atoms with Crippen LogP contribution in [0.2, 0.25) is 0 Å². The number of rotatable bonds is 1. The van der Waals surface area contributed by atoms with Crippen LogP contribution in [0.3, 0.4) is 0 Å². The minimum absolute atomic E-state index is 0.478. The zero-order chi connectivity index (χ0) is 9.30. The standard InChI is InChI=1S/C6H2BF2NO2/c7-4-1-3(10(11)12)2-5(8)6(4)9/h1-2H. The summed E-state index contributed by atoms with van der Waals surface area (Å²) < 4.78 is 24.9. The molecule has 0 amide bonds. The summed E-state index contributed by atoms with van der Waals surface area (Å²) >= 11 is 0. The summed E-state index contributed by atoms with van der Waals surface area (Å²) in [6.07, 6.45) is 0. The Kier molecular flexibility index (Phi) is 2.08. The predicted octanol–water partition coefficient (Wildman–Crippen LogP) is 0.667. The fourth-order valence-electron chi connectivity index (χ4n) is 0.701. The van der Waals surface area contributed by atoms with Crippen molar-refractivity contribution >= 4 is 19.0 Å². The zero-order valence-corrected chi connectivity index (χ0v) is 5.75. The van der Waals surface area contributed by atoms with Gasteiger partial charge in [-0.25, -0.2) is 8.78 Å². The van der Waals surface area contributed by atoms with E-state index in [-0.39, 0.29) is 0 Å². The van der Waals surface area contributed by atoms with E-state index in [0.29, 0.717) is 6.07 Å². The van der Waals surface area contributed by atoms with Crippen LogP contribution in [0.1, 0.15) is 0 Å². The summed E-state index contributed by atoms with van der Waals surface area (Å²) in [5.41, 5.74) is -1.13. The number of nitro groups is 1. The smallest absolute Gasteiger partial charge is 0.258 e. The highest BCUT2D eigenvalue weighted by molar-refractivity contribution is 6.32. The van der Waals surface area contributed by atoms with Gasteiger partial charge in [-0.05, 0) is 0 Å². The van der Waals surface area contributed by atoms with Gasteiger partial charge in [0.05, 0.1) is 11.0 Å². The highest BCUT2D eigenvalue weighted by Gasteiger charge is 2.13. The van der Waals surface area contributed by atoms with E-state index in [4.69, 9.17) is 7.85 Å². The number of halogens is 2. The molecule has 2 radical (unpaired) electrons. The van der Waals surface area contributed by atoms with Crippen molar-refractivity contribution < 1.29 is 13.7 Å². The monoisotopic (exact) mass is 169 g/mol. The zero-order valence-electron chi connectivity index (χ0n) is 5.75. The highest BCUT2D eigenvalue weighted by Crippen LogP contribution is 2.12. The molecule has 0 atom stereocenters. The maximum absolute atomic E-state index is 12.5. The van der Waals surface area contributed by atoms with Gasteiger partial charge in [-0.1, -0.05) is 5.46 Å². The van der Waals surface area contributed by atoms with Crippen LogP contribution in [0.4, 0.5) is 14.5 Å². The summed E-state index contributed by atoms with van der Waals surface area (Å²) in [5, 5.41) is 10.1. The Morgan fingerprint density at radius 2 is 2.00 bits per heavy atom. The first-order valence-electron chi connectivity index (χ1n) is 2.91. The molecule has 0 aliphatic heterocycles. The lowest BCUT2D eigenvalue weighted by molar-refractivity contribution is -0.385. The Labute approximate surface area is 67.6 Å². The average Bonchev–Trinajstić information content (AvgIpc) is 1.99. The molecule has 0 saturated carbocycles. The van der Waals surface area contributed by atoms with E-state index in [2.05, 4.69) is 0 Å². The first-order valence-corrected chi connectivity index (χ1v) is 2.91. The normalized spacial score (nSPS) is 9.83. The second kappa shape index (κ2) is 2.88. The lowest BCUT2D eigenvalue weighted by Crippen LogP contribution is -2.11. The minimum Gasteiger partial charge on any atom is -0.258 e. The molecule has 1 rings (SSSR count). The Morgan fingerprint density at radius 3 is 2.42 bits per heavy atom. The number of benzene rings is 1. The summed E-state index contributed by atoms with van der Waals surface area (Å²) in [7, 11) is 4.94. The second-order valence-corrected chi connectivity index (χ2v) is 2.09. The quantitative estimate of drug-likeness (QED) is 0.352. The van der Waals surface area contributed by atoms with Gasteiger partial charge in [0.25, 0.3) is 5.69 Å². The van der Waals surface area contributed by atoms with Gasteiger partial charge in [-0.15, -0.1) is 0 Å². The Hall–Kier alpha value is -1.46. The van der Waals surface area contributed by atoms with E-state index in [9.17, 15) is 18.9 Å². The Morgan fingerprint density at radius 1 is 1.42 bits per heavy atom. The molecule has 0 N–H and O–H groups in total. The fraction of sp³-hybridized carbons (Fsp3) is 0. The predicted molar refractivity (Wildman–Crippen MR) is 38.4 cm³/mol. The van der Waals surface area contributed by atoms with Gasteiger partial charge in [-0.2, -0.15) is 0 Å². The number of hydrogen-bond acceptors (Lipinski definition) is 2. The second-order valence-electron chi connectivity index (χ2n) is 2.09. The number of non-ortho nitro benzene ring substituents is 1. The summed E-state index contributed by atoms with van der Waals surface area (Å²) in [5.74, 6) is -2.58. The molecular weight excluding hydrogens is 167 g/mol. The van der Waals surface area contributed by atoms with E-state index >= 15 is 0 Å². The maximum Gasteiger partial charge on any atom is 0.271 e. The molecule has 0 heterocycles. The first kappa shape index (κ1) is 8.64. The molecule has 0 aromatic heterocycles. The van der Waals surface area contributed by atoms with Crippen molar-refractivity contribution in [1.29, 1.82) is 0 Å². The number of hydrogen-bond donors (Lipinski definition) is 0. The van der Waals surface area contributed by atoms with Gasteiger partial charge >= 0.3 is 0 Å². The Bertz CT molecular complexity index is 319. The van der Waals surface area contributed by atoms with Gasteiger partial charge in [0.1, 0.15) is 7.85 Å². The molecule has 0 aliphatic carbocycles. The van der Waals surface area contributed by atoms with Gasteiger partial charge in [0.15, 0.2) is 11.6 Å². The summed E-state index contributed by atoms with van der Waals surface area (Å²) in [4.78, 5) is 9.23. The molecular formula is C6H2BF2NO2. The topological polar surface area (TPSA) is 43.1 Å². The third-order valence-electron chi connectivity index (χ3n) is 1.25. The van der Waals surface area contributed by atoms with Crippen LogP contribution in [0.5, 0.6) is 0 Å². The molecule has 0 fully saturated rings. The molecule has 0 unspecified atom stereocenters. The Balaban J connectivity index is 3.31. The lowest BCUT2D eigenvalue weighted by Gasteiger charge is -1.97. The van der Waals surface area contributed by atoms with Gasteiger partial charge in [-0.3, -0.25) is 10.1 Å². The van der Waals surface area contributed by atoms with E-state index in [0.717, 1.165) is 6.07 Å². The molecule has 0 bridgehead atoms. The molecule has 1 aromatic rings. The van der Waals surface area contributed by atoms with Gasteiger partial charge in [0, 0.05) is 6.07 Å². The van der Waals surface area contributed by atoms with E-state index in [1.807, 2.05) is 0 Å². The van der Waals surface area contributed by atoms with E-state index in [1.54, 1.807) is 0 Å². The van der Waals surface area contributed by atoms with Crippen LogP contribution < -0.4 is 5.46 Å². The van der Waals surface area contributed by atoms with Gasteiger partial charge in [0.2, 0.25) is 0 Å². The van der Waals surface area contributed by atoms with Crippen molar-refractivity contribution in [2.45, 2.75) is 0 Å². The molecule has 3 nitrogen and oxygen atoms in total. The highest BCUT2D eigenvalue weighted by atomic mass is 19.2. The molecule has 12 heavy (non-hydrogen) atoms. The summed E-state index contributed by atoms with van der Waals surface area (Å²) in [6, 6.07) is 1.24. The SMILES string of the molecule is [B]c1cc([N+](=O)[O-])cc(F)c1F. The van der Waals surface area contributed by atoms with Crippen LogP contribution >= 0.6 is 0 Å². The fourth-order valence-corrected chi connectivity index (χ4v) is 0.701. The van der Waals surface area contributed by atoms with Crippen molar-refractivity contribution in [2.75, 3.05) is 0 Å². The summed E-state index contributed by atoms with van der Waals surface area (Å²) in [6.45, 7) is 0. The number of nitro benzene ring substituents is 1. The van der Waals surface area contributed by atoms with Crippen molar-refractivity contribution in [1.82, 2.24) is 0 Å². The van der Waals surface area contributed by atoms with Crippen LogP contribution in [0.15, 0.2) is 12.1 Å². The van der Waals surface area contributed by atoms with Crippen LogP contribution in [0.25, 0.3) is 0 Å². The molecule has 0 spiro atoms. The minimum atomic E-state index is -1.32. The number of nitrogens with zero attached hydrogens (tertiary/aromatic N) is 1. The average molecular weight is 169 g/mol. The van der Waals surface area contributed by atoms with Crippen LogP contribution in [-0.2, 0) is 0 Å². The third kappa shape index (κ3) is 1.41. The van der Waals surface area contributed by atoms with Crippen molar-refractivity contribution in [3.63, 3.8) is 0 Å². The molecule has 6 heteroatoms. The molecule has 60 valence electrons. The van der Waals surface area contributed by atoms with E-state index < -0.39 is 27.7 Å². The van der Waals surface area contributed by atoms with E-state index in [1.165, 1.54) is 0 Å². The van der Waals surface area contributed by atoms with Crippen LogP contribution in [-0.4, -0.2) is 12.8 Å². The lowest BCUT2D eigenvalue weighted by atomic mass is 9.95. The largest absolute Gasteiger partial charge is 0.271 e. The van der Waals surface area contributed by atoms with Crippen molar-refractivity contribution in [2.24, 2.45) is 0 Å². The maximum atomic E-state index is 12.5. The molecule has 0 saturated heterocycles. The van der Waals surface area contributed by atoms with Crippen LogP contribution in [0, 0.1) is 21.7 Å².